The Balaban J connectivity index is 1.37. The van der Waals surface area contributed by atoms with E-state index in [0.717, 1.165) is 21.2 Å². The van der Waals surface area contributed by atoms with Gasteiger partial charge in [0.05, 0.1) is 23.1 Å². The number of benzene rings is 3. The summed E-state index contributed by atoms with van der Waals surface area (Å²) in [6.07, 6.45) is 1.76. The third-order valence-corrected chi connectivity index (χ3v) is 9.12. The highest BCUT2D eigenvalue weighted by Gasteiger charge is 2.36. The van der Waals surface area contributed by atoms with Crippen LogP contribution in [0.1, 0.15) is 39.3 Å². The number of thiocarbonyl (C=S) groups is 1. The van der Waals surface area contributed by atoms with E-state index < -0.39 is 5.97 Å². The van der Waals surface area contributed by atoms with Crippen LogP contribution in [0.15, 0.2) is 71.6 Å². The fraction of sp³-hybridized carbons (Fsp3) is 0.138. The second-order valence-electron chi connectivity index (χ2n) is 8.68. The van der Waals surface area contributed by atoms with E-state index in [1.807, 2.05) is 62.4 Å². The van der Waals surface area contributed by atoms with Crippen molar-refractivity contribution in [3.05, 3.63) is 98.2 Å². The standard InChI is InChI=1S/C29H22ClNO4S3/c1-16-9-11-20-23(13-16)37-26(25(20)30)28(33)35-21-12-10-18(14-22(21)34-3)15-24-27(32)31(29(36)38-24)17(2)19-7-5-4-6-8-19/h4-15,17H,1-3H3/b24-15-/t17-/m0/s1. The molecular weight excluding hydrogens is 558 g/mol. The molecule has 0 saturated carbocycles. The van der Waals surface area contributed by atoms with Crippen molar-refractivity contribution < 1.29 is 19.1 Å². The monoisotopic (exact) mass is 579 g/mol. The van der Waals surface area contributed by atoms with Gasteiger partial charge in [0, 0.05) is 10.1 Å². The lowest BCUT2D eigenvalue weighted by molar-refractivity contribution is -0.123. The Kier molecular flexibility index (Phi) is 7.59. The van der Waals surface area contributed by atoms with Gasteiger partial charge in [0.15, 0.2) is 11.5 Å². The van der Waals surface area contributed by atoms with Gasteiger partial charge >= 0.3 is 5.97 Å². The topological polar surface area (TPSA) is 55.8 Å². The lowest BCUT2D eigenvalue weighted by atomic mass is 10.1. The Bertz CT molecular complexity index is 1610. The Morgan fingerprint density at radius 2 is 1.84 bits per heavy atom. The molecule has 38 heavy (non-hydrogen) atoms. The molecule has 1 aliphatic rings. The summed E-state index contributed by atoms with van der Waals surface area (Å²) in [6, 6.07) is 20.5. The van der Waals surface area contributed by atoms with Crippen LogP contribution in [0.25, 0.3) is 16.2 Å². The van der Waals surface area contributed by atoms with Crippen molar-refractivity contribution in [3.63, 3.8) is 0 Å². The zero-order valence-corrected chi connectivity index (χ0v) is 23.9. The first-order valence-electron chi connectivity index (χ1n) is 11.7. The number of aryl methyl sites for hydroxylation is 1. The lowest BCUT2D eigenvalue weighted by Gasteiger charge is -2.23. The van der Waals surface area contributed by atoms with Crippen LogP contribution in [-0.4, -0.2) is 28.2 Å². The number of nitrogens with zero attached hydrogens (tertiary/aromatic N) is 1. The van der Waals surface area contributed by atoms with Gasteiger partial charge in [-0.05, 0) is 54.8 Å². The number of ether oxygens (including phenoxy) is 2. The second kappa shape index (κ2) is 10.9. The normalized spacial score (nSPS) is 15.4. The first-order chi connectivity index (χ1) is 18.3. The molecule has 1 fully saturated rings. The smallest absolute Gasteiger partial charge is 0.355 e. The number of carbonyl (C=O) groups excluding carboxylic acids is 2. The molecule has 3 aromatic carbocycles. The Morgan fingerprint density at radius 3 is 2.58 bits per heavy atom. The number of rotatable bonds is 6. The van der Waals surface area contributed by atoms with Gasteiger partial charge in [-0.2, -0.15) is 0 Å². The number of methoxy groups -OCH3 is 1. The molecule has 2 heterocycles. The average molecular weight is 580 g/mol. The van der Waals surface area contributed by atoms with Gasteiger partial charge in [0.2, 0.25) is 0 Å². The number of halogens is 1. The molecule has 1 saturated heterocycles. The maximum Gasteiger partial charge on any atom is 0.355 e. The van der Waals surface area contributed by atoms with Crippen molar-refractivity contribution in [1.29, 1.82) is 0 Å². The highest BCUT2D eigenvalue weighted by Crippen LogP contribution is 2.40. The highest BCUT2D eigenvalue weighted by molar-refractivity contribution is 8.26. The van der Waals surface area contributed by atoms with E-state index in [-0.39, 0.29) is 17.7 Å². The third-order valence-electron chi connectivity index (χ3n) is 6.15. The number of hydrogen-bond donors (Lipinski definition) is 0. The molecule has 192 valence electrons. The first kappa shape index (κ1) is 26.4. The summed E-state index contributed by atoms with van der Waals surface area (Å²) in [6.45, 7) is 3.94. The van der Waals surface area contributed by atoms with Crippen LogP contribution < -0.4 is 9.47 Å². The zero-order chi connectivity index (χ0) is 27.0. The van der Waals surface area contributed by atoms with Crippen LogP contribution in [0.4, 0.5) is 0 Å². The zero-order valence-electron chi connectivity index (χ0n) is 20.7. The predicted octanol–water partition coefficient (Wildman–Crippen LogP) is 8.05. The highest BCUT2D eigenvalue weighted by atomic mass is 35.5. The summed E-state index contributed by atoms with van der Waals surface area (Å²) < 4.78 is 12.6. The number of amides is 1. The fourth-order valence-electron chi connectivity index (χ4n) is 4.15. The molecule has 9 heteroatoms. The molecule has 0 radical (unpaired) electrons. The van der Waals surface area contributed by atoms with E-state index in [2.05, 4.69) is 0 Å². The maximum absolute atomic E-state index is 13.2. The summed E-state index contributed by atoms with van der Waals surface area (Å²) in [5.41, 5.74) is 2.80. The molecule has 0 aliphatic carbocycles. The number of thiophene rings is 1. The Hall–Kier alpha value is -3.17. The molecular formula is C29H22ClNO4S3. The lowest BCUT2D eigenvalue weighted by Crippen LogP contribution is -2.30. The Labute approximate surface area is 239 Å². The first-order valence-corrected chi connectivity index (χ1v) is 14.1. The van der Waals surface area contributed by atoms with Gasteiger partial charge < -0.3 is 9.47 Å². The number of esters is 1. The summed E-state index contributed by atoms with van der Waals surface area (Å²) in [5, 5.41) is 1.19. The van der Waals surface area contributed by atoms with Crippen LogP contribution in [0.2, 0.25) is 5.02 Å². The molecule has 1 atom stereocenters. The SMILES string of the molecule is COc1cc(/C=C2\SC(=S)N([C@@H](C)c3ccccc3)C2=O)ccc1OC(=O)c1sc2cc(C)ccc2c1Cl. The third kappa shape index (κ3) is 5.09. The molecule has 0 bridgehead atoms. The molecule has 5 nitrogen and oxygen atoms in total. The van der Waals surface area contributed by atoms with Crippen LogP contribution in [0, 0.1) is 6.92 Å². The minimum Gasteiger partial charge on any atom is -0.493 e. The van der Waals surface area contributed by atoms with E-state index in [1.54, 1.807) is 29.2 Å². The van der Waals surface area contributed by atoms with Gasteiger partial charge in [-0.1, -0.05) is 84.1 Å². The van der Waals surface area contributed by atoms with Crippen molar-refractivity contribution in [2.75, 3.05) is 7.11 Å². The maximum atomic E-state index is 13.2. The van der Waals surface area contributed by atoms with E-state index in [4.69, 9.17) is 33.3 Å². The molecule has 0 unspecified atom stereocenters. The summed E-state index contributed by atoms with van der Waals surface area (Å²) >= 11 is 14.6. The molecule has 1 amide bonds. The number of thioether (sulfide) groups is 1. The van der Waals surface area contributed by atoms with Crippen molar-refractivity contribution in [2.45, 2.75) is 19.9 Å². The number of carbonyl (C=O) groups is 2. The van der Waals surface area contributed by atoms with E-state index >= 15 is 0 Å². The van der Waals surface area contributed by atoms with E-state index in [1.165, 1.54) is 30.2 Å². The molecule has 1 aromatic heterocycles. The van der Waals surface area contributed by atoms with Gasteiger partial charge in [-0.15, -0.1) is 11.3 Å². The van der Waals surface area contributed by atoms with Crippen LogP contribution in [-0.2, 0) is 4.79 Å². The van der Waals surface area contributed by atoms with E-state index in [0.29, 0.717) is 30.4 Å². The van der Waals surface area contributed by atoms with Gasteiger partial charge in [0.1, 0.15) is 9.20 Å². The average Bonchev–Trinajstić information content (AvgIpc) is 3.39. The van der Waals surface area contributed by atoms with Crippen molar-refractivity contribution >= 4 is 79.3 Å². The predicted molar refractivity (Wildman–Crippen MR) is 159 cm³/mol. The molecule has 1 aliphatic heterocycles. The molecule has 0 spiro atoms. The van der Waals surface area contributed by atoms with Crippen molar-refractivity contribution in [2.24, 2.45) is 0 Å². The van der Waals surface area contributed by atoms with Crippen LogP contribution in [0.3, 0.4) is 0 Å². The molecule has 0 N–H and O–H groups in total. The second-order valence-corrected chi connectivity index (χ2v) is 11.8. The Morgan fingerprint density at radius 1 is 1.08 bits per heavy atom. The quantitative estimate of drug-likeness (QED) is 0.0996. The van der Waals surface area contributed by atoms with Crippen molar-refractivity contribution in [3.8, 4) is 11.5 Å². The van der Waals surface area contributed by atoms with E-state index in [9.17, 15) is 9.59 Å². The molecule has 5 rings (SSSR count). The number of hydrogen-bond acceptors (Lipinski definition) is 7. The summed E-state index contributed by atoms with van der Waals surface area (Å²) in [5.74, 6) is -0.103. The van der Waals surface area contributed by atoms with Gasteiger partial charge in [-0.3, -0.25) is 9.69 Å². The van der Waals surface area contributed by atoms with Gasteiger partial charge in [0.25, 0.3) is 5.91 Å². The minimum absolute atomic E-state index is 0.152. The number of fused-ring (bicyclic) bond motifs is 1. The minimum atomic E-state index is -0.560. The van der Waals surface area contributed by atoms with Crippen LogP contribution in [0.5, 0.6) is 11.5 Å². The summed E-state index contributed by atoms with van der Waals surface area (Å²) in [7, 11) is 1.49. The van der Waals surface area contributed by atoms with Gasteiger partial charge in [-0.25, -0.2) is 4.79 Å². The largest absolute Gasteiger partial charge is 0.493 e. The molecule has 4 aromatic rings. The van der Waals surface area contributed by atoms with Crippen LogP contribution >= 0.6 is 46.9 Å². The fourth-order valence-corrected chi connectivity index (χ4v) is 7.06. The summed E-state index contributed by atoms with van der Waals surface area (Å²) in [4.78, 5) is 28.7. The van der Waals surface area contributed by atoms with Crippen molar-refractivity contribution in [1.82, 2.24) is 4.90 Å².